The topological polar surface area (TPSA) is 64.0 Å². The van der Waals surface area contributed by atoms with E-state index >= 15 is 0 Å². The highest BCUT2D eigenvalue weighted by atomic mass is 35.5. The number of aromatic nitrogens is 2. The molecule has 2 aromatic carbocycles. The summed E-state index contributed by atoms with van der Waals surface area (Å²) in [6.07, 6.45) is 5.02. The third-order valence-corrected chi connectivity index (χ3v) is 6.05. The lowest BCUT2D eigenvalue weighted by molar-refractivity contribution is 0.0850. The van der Waals surface area contributed by atoms with E-state index in [1.54, 1.807) is 53.6 Å². The van der Waals surface area contributed by atoms with Gasteiger partial charge < -0.3 is 9.88 Å². The maximum Gasteiger partial charge on any atom is 0.262 e. The quantitative estimate of drug-likeness (QED) is 0.418. The Morgan fingerprint density at radius 3 is 2.53 bits per heavy atom. The fraction of sp³-hybridized carbons (Fsp3) is 0.0870. The number of benzene rings is 2. The van der Waals surface area contributed by atoms with Crippen LogP contribution in [0.2, 0.25) is 5.02 Å². The summed E-state index contributed by atoms with van der Waals surface area (Å²) >= 11 is 7.61. The van der Waals surface area contributed by atoms with Gasteiger partial charge in [-0.15, -0.1) is 11.3 Å². The molecule has 0 saturated heterocycles. The molecule has 4 aromatic rings. The first-order chi connectivity index (χ1) is 14.6. The summed E-state index contributed by atoms with van der Waals surface area (Å²) < 4.78 is 1.77. The first-order valence-corrected chi connectivity index (χ1v) is 10.5. The van der Waals surface area contributed by atoms with E-state index in [2.05, 4.69) is 10.3 Å². The zero-order valence-corrected chi connectivity index (χ0v) is 17.4. The largest absolute Gasteiger partial charge is 0.339 e. The molecule has 0 saturated carbocycles. The van der Waals surface area contributed by atoms with Crippen molar-refractivity contribution < 1.29 is 9.59 Å². The normalized spacial score (nSPS) is 11.8. The lowest BCUT2D eigenvalue weighted by atomic mass is 10.0. The Hall–Kier alpha value is -3.22. The van der Waals surface area contributed by atoms with Gasteiger partial charge in [-0.3, -0.25) is 9.59 Å². The molecule has 2 aromatic heterocycles. The van der Waals surface area contributed by atoms with Gasteiger partial charge in [-0.25, -0.2) is 4.98 Å². The van der Waals surface area contributed by atoms with Crippen LogP contribution >= 0.6 is 22.9 Å². The van der Waals surface area contributed by atoms with E-state index in [0.717, 1.165) is 10.4 Å². The average molecular weight is 436 g/mol. The van der Waals surface area contributed by atoms with Crippen LogP contribution in [0.3, 0.4) is 0 Å². The predicted molar refractivity (Wildman–Crippen MR) is 119 cm³/mol. The fourth-order valence-corrected chi connectivity index (χ4v) is 4.34. The minimum atomic E-state index is -0.722. The molecule has 0 aliphatic carbocycles. The highest BCUT2D eigenvalue weighted by Crippen LogP contribution is 2.33. The Labute approximate surface area is 183 Å². The fourth-order valence-electron chi connectivity index (χ4n) is 3.10. The zero-order chi connectivity index (χ0) is 20.9. The molecule has 4 rings (SSSR count). The molecule has 0 radical (unpaired) electrons. The molecule has 0 aliphatic rings. The van der Waals surface area contributed by atoms with Crippen LogP contribution in [0, 0.1) is 0 Å². The molecular weight excluding hydrogens is 418 g/mol. The summed E-state index contributed by atoms with van der Waals surface area (Å²) in [6, 6.07) is 19.3. The smallest absolute Gasteiger partial charge is 0.262 e. The molecule has 1 unspecified atom stereocenters. The van der Waals surface area contributed by atoms with Crippen LogP contribution in [0.25, 0.3) is 10.4 Å². The minimum absolute atomic E-state index is 0.152. The van der Waals surface area contributed by atoms with E-state index in [1.807, 2.05) is 36.4 Å². The van der Waals surface area contributed by atoms with Crippen LogP contribution in [0.15, 0.2) is 85.5 Å². The first kappa shape index (κ1) is 20.1. The van der Waals surface area contributed by atoms with Crippen molar-refractivity contribution in [3.8, 4) is 10.4 Å². The summed E-state index contributed by atoms with van der Waals surface area (Å²) in [5.74, 6) is -0.451. The van der Waals surface area contributed by atoms with Crippen molar-refractivity contribution in [2.24, 2.45) is 0 Å². The average Bonchev–Trinajstić information content (AvgIpc) is 3.46. The molecule has 0 aliphatic heterocycles. The van der Waals surface area contributed by atoms with Crippen molar-refractivity contribution in [1.29, 1.82) is 0 Å². The number of nitrogens with one attached hydrogen (secondary N) is 1. The summed E-state index contributed by atoms with van der Waals surface area (Å²) in [5, 5.41) is 3.52. The van der Waals surface area contributed by atoms with Gasteiger partial charge in [-0.05, 0) is 18.2 Å². The van der Waals surface area contributed by atoms with Gasteiger partial charge in [0.15, 0.2) is 5.78 Å². The Morgan fingerprint density at radius 1 is 1.03 bits per heavy atom. The van der Waals surface area contributed by atoms with E-state index in [-0.39, 0.29) is 11.7 Å². The molecule has 1 atom stereocenters. The number of halogens is 1. The van der Waals surface area contributed by atoms with Gasteiger partial charge >= 0.3 is 0 Å². The summed E-state index contributed by atoms with van der Waals surface area (Å²) in [4.78, 5) is 31.4. The Morgan fingerprint density at radius 2 is 1.80 bits per heavy atom. The summed E-state index contributed by atoms with van der Waals surface area (Å²) in [6.45, 7) is 0.294. The van der Waals surface area contributed by atoms with Crippen molar-refractivity contribution in [1.82, 2.24) is 14.9 Å². The van der Waals surface area contributed by atoms with Gasteiger partial charge in [0, 0.05) is 33.4 Å². The van der Waals surface area contributed by atoms with E-state index in [1.165, 1.54) is 11.3 Å². The monoisotopic (exact) mass is 435 g/mol. The van der Waals surface area contributed by atoms with Crippen molar-refractivity contribution in [2.75, 3.05) is 0 Å². The van der Waals surface area contributed by atoms with Crippen molar-refractivity contribution in [3.63, 3.8) is 0 Å². The first-order valence-electron chi connectivity index (χ1n) is 9.32. The lowest BCUT2D eigenvalue weighted by Gasteiger charge is -2.18. The van der Waals surface area contributed by atoms with Gasteiger partial charge in [0.2, 0.25) is 0 Å². The molecule has 1 amide bonds. The number of hydrogen-bond acceptors (Lipinski definition) is 4. The van der Waals surface area contributed by atoms with Crippen LogP contribution in [0.1, 0.15) is 20.0 Å². The zero-order valence-electron chi connectivity index (χ0n) is 15.9. The van der Waals surface area contributed by atoms with Crippen molar-refractivity contribution >= 4 is 34.6 Å². The molecule has 5 nitrogen and oxygen atoms in total. The summed E-state index contributed by atoms with van der Waals surface area (Å²) in [7, 11) is 0. The van der Waals surface area contributed by atoms with Crippen LogP contribution in [-0.4, -0.2) is 27.3 Å². The van der Waals surface area contributed by atoms with E-state index in [0.29, 0.717) is 22.0 Å². The number of rotatable bonds is 7. The number of hydrogen-bond donors (Lipinski definition) is 1. The minimum Gasteiger partial charge on any atom is -0.339 e. The van der Waals surface area contributed by atoms with Gasteiger partial charge in [-0.1, -0.05) is 60.1 Å². The molecule has 0 fully saturated rings. The second-order valence-corrected chi connectivity index (χ2v) is 8.15. The van der Waals surface area contributed by atoms with E-state index < -0.39 is 6.04 Å². The van der Waals surface area contributed by atoms with Crippen molar-refractivity contribution in [2.45, 2.75) is 12.6 Å². The maximum absolute atomic E-state index is 13.0. The molecule has 1 N–H and O–H groups in total. The second-order valence-electron chi connectivity index (χ2n) is 6.66. The Bertz CT molecular complexity index is 1160. The number of nitrogens with zero attached hydrogens (tertiary/aromatic N) is 2. The van der Waals surface area contributed by atoms with E-state index in [4.69, 9.17) is 11.6 Å². The highest BCUT2D eigenvalue weighted by molar-refractivity contribution is 7.17. The number of ketones is 1. The number of thiophene rings is 1. The molecule has 2 heterocycles. The molecule has 7 heteroatoms. The molecular formula is C23H18ClN3O2S. The SMILES string of the molecule is O=C(NC(Cn1ccnc1)C(=O)c1ccccc1)c1ccc(-c2ccccc2Cl)s1. The third kappa shape index (κ3) is 4.50. The van der Waals surface area contributed by atoms with Crippen LogP contribution in [-0.2, 0) is 6.54 Å². The standard InChI is InChI=1S/C23H18ClN3O2S/c24-18-9-5-4-8-17(18)20-10-11-21(30-20)23(29)26-19(14-27-13-12-25-15-27)22(28)16-6-2-1-3-7-16/h1-13,15,19H,14H2,(H,26,29). The number of carbonyl (C=O) groups is 2. The van der Waals surface area contributed by atoms with Gasteiger partial charge in [0.25, 0.3) is 5.91 Å². The molecule has 0 bridgehead atoms. The molecule has 150 valence electrons. The second kappa shape index (κ2) is 9.07. The van der Waals surface area contributed by atoms with E-state index in [9.17, 15) is 9.59 Å². The van der Waals surface area contributed by atoms with Gasteiger partial charge in [-0.2, -0.15) is 0 Å². The van der Waals surface area contributed by atoms with Crippen molar-refractivity contribution in [3.05, 3.63) is 101 Å². The maximum atomic E-state index is 13.0. The third-order valence-electron chi connectivity index (χ3n) is 4.60. The van der Waals surface area contributed by atoms with Gasteiger partial charge in [0.1, 0.15) is 6.04 Å². The number of imidazole rings is 1. The molecule has 0 spiro atoms. The van der Waals surface area contributed by atoms with Crippen LogP contribution < -0.4 is 5.32 Å². The lowest BCUT2D eigenvalue weighted by Crippen LogP contribution is -2.43. The van der Waals surface area contributed by atoms with Crippen LogP contribution in [0.4, 0.5) is 0 Å². The number of amides is 1. The summed E-state index contributed by atoms with van der Waals surface area (Å²) in [5.41, 5.74) is 1.42. The molecule has 30 heavy (non-hydrogen) atoms. The number of Topliss-reactive ketones (excluding diaryl/α,β-unsaturated/α-hetero) is 1. The highest BCUT2D eigenvalue weighted by Gasteiger charge is 2.24. The van der Waals surface area contributed by atoms with Crippen LogP contribution in [0.5, 0.6) is 0 Å². The number of carbonyl (C=O) groups excluding carboxylic acids is 2. The predicted octanol–water partition coefficient (Wildman–Crippen LogP) is 4.95. The Kier molecular flexibility index (Phi) is 6.07. The van der Waals surface area contributed by atoms with Gasteiger partial charge in [0.05, 0.1) is 17.7 Å². The Balaban J connectivity index is 1.56.